The molecule has 3 heterocycles. The molecule has 164 valence electrons. The van der Waals surface area contributed by atoms with Gasteiger partial charge in [-0.1, -0.05) is 0 Å². The van der Waals surface area contributed by atoms with Crippen molar-refractivity contribution in [1.82, 2.24) is 24.6 Å². The molecule has 1 amide bonds. The first-order chi connectivity index (χ1) is 14.6. The molecule has 0 aliphatic carbocycles. The van der Waals surface area contributed by atoms with Gasteiger partial charge in [-0.25, -0.2) is 27.7 Å². The quantitative estimate of drug-likeness (QED) is 0.604. The number of carbonyl (C=O) groups is 1. The number of hydrogen-bond acceptors (Lipinski definition) is 7. The lowest BCUT2D eigenvalue weighted by molar-refractivity contribution is 0.0877. The summed E-state index contributed by atoms with van der Waals surface area (Å²) in [5, 5.41) is 18.5. The number of primary sulfonamides is 1. The molecule has 13 heteroatoms. The lowest BCUT2D eigenvalue weighted by Gasteiger charge is -2.29. The standard InChI is InChI=1S/C18H19FN6O5S/c1-24-16-15(14(23-24)12-3-2-11(8-13(12)19)31(20,28)29)21-9-22-17(16)30-10-4-6-25(7-5-10)18(26)27/h2-3,8-10H,4-7H2,1H3,(H,26,27)(H2,20,28,29). The van der Waals surface area contributed by atoms with E-state index in [1.165, 1.54) is 28.0 Å². The summed E-state index contributed by atoms with van der Waals surface area (Å²) in [5.41, 5.74) is 1.02. The Labute approximate surface area is 176 Å². The lowest BCUT2D eigenvalue weighted by atomic mass is 10.1. The van der Waals surface area contributed by atoms with Gasteiger partial charge in [0.05, 0.1) is 4.90 Å². The zero-order chi connectivity index (χ0) is 22.3. The lowest BCUT2D eigenvalue weighted by Crippen LogP contribution is -2.41. The minimum atomic E-state index is -4.05. The van der Waals surface area contributed by atoms with Crippen LogP contribution in [0.25, 0.3) is 22.3 Å². The summed E-state index contributed by atoms with van der Waals surface area (Å²) in [6.45, 7) is 0.707. The molecule has 11 nitrogen and oxygen atoms in total. The number of nitrogens with two attached hydrogens (primary N) is 1. The van der Waals surface area contributed by atoms with Crippen molar-refractivity contribution in [3.05, 3.63) is 30.3 Å². The van der Waals surface area contributed by atoms with Crippen LogP contribution >= 0.6 is 0 Å². The second-order valence-corrected chi connectivity index (χ2v) is 8.68. The Morgan fingerprint density at radius 3 is 2.61 bits per heavy atom. The van der Waals surface area contributed by atoms with E-state index in [2.05, 4.69) is 15.1 Å². The third kappa shape index (κ3) is 4.01. The van der Waals surface area contributed by atoms with Crippen molar-refractivity contribution in [1.29, 1.82) is 0 Å². The average Bonchev–Trinajstić information content (AvgIpc) is 3.05. The van der Waals surface area contributed by atoms with Crippen molar-refractivity contribution in [2.75, 3.05) is 13.1 Å². The molecule has 0 spiro atoms. The number of aryl methyl sites for hydroxylation is 1. The summed E-state index contributed by atoms with van der Waals surface area (Å²) in [6, 6.07) is 3.31. The molecule has 1 fully saturated rings. The molecule has 0 saturated carbocycles. The van der Waals surface area contributed by atoms with E-state index in [1.54, 1.807) is 7.05 Å². The average molecular weight is 450 g/mol. The van der Waals surface area contributed by atoms with Crippen LogP contribution in [-0.2, 0) is 17.1 Å². The van der Waals surface area contributed by atoms with Crippen molar-refractivity contribution in [2.24, 2.45) is 12.2 Å². The molecule has 2 aromatic heterocycles. The van der Waals surface area contributed by atoms with E-state index < -0.39 is 21.9 Å². The topological polar surface area (TPSA) is 154 Å². The number of nitrogens with zero attached hydrogens (tertiary/aromatic N) is 5. The zero-order valence-electron chi connectivity index (χ0n) is 16.4. The minimum Gasteiger partial charge on any atom is -0.473 e. The van der Waals surface area contributed by atoms with Gasteiger partial charge in [-0.3, -0.25) is 4.68 Å². The number of piperidine rings is 1. The van der Waals surface area contributed by atoms with E-state index in [-0.39, 0.29) is 28.1 Å². The Hall–Kier alpha value is -3.32. The number of benzene rings is 1. The molecular weight excluding hydrogens is 431 g/mol. The van der Waals surface area contributed by atoms with Gasteiger partial charge in [-0.05, 0) is 18.2 Å². The summed E-state index contributed by atoms with van der Waals surface area (Å²) in [5.74, 6) is -0.560. The van der Waals surface area contributed by atoms with Crippen LogP contribution in [0.5, 0.6) is 5.88 Å². The predicted octanol–water partition coefficient (Wildman–Crippen LogP) is 1.34. The van der Waals surface area contributed by atoms with Gasteiger partial charge in [-0.15, -0.1) is 0 Å². The second kappa shape index (κ2) is 7.74. The predicted molar refractivity (Wildman–Crippen MR) is 106 cm³/mol. The number of carboxylic acid groups (broad SMARTS) is 1. The van der Waals surface area contributed by atoms with Gasteiger partial charge < -0.3 is 14.7 Å². The highest BCUT2D eigenvalue weighted by atomic mass is 32.2. The van der Waals surface area contributed by atoms with E-state index >= 15 is 0 Å². The molecule has 0 unspecified atom stereocenters. The minimum absolute atomic E-state index is 0.0532. The Morgan fingerprint density at radius 1 is 1.29 bits per heavy atom. The number of ether oxygens (including phenoxy) is 1. The number of halogens is 1. The van der Waals surface area contributed by atoms with Crippen LogP contribution in [0, 0.1) is 5.82 Å². The Morgan fingerprint density at radius 2 is 2.00 bits per heavy atom. The van der Waals surface area contributed by atoms with Crippen LogP contribution in [-0.4, -0.2) is 63.5 Å². The first-order valence-corrected chi connectivity index (χ1v) is 10.8. The molecule has 0 atom stereocenters. The molecule has 0 radical (unpaired) electrons. The van der Waals surface area contributed by atoms with Crippen molar-refractivity contribution in [3.8, 4) is 17.1 Å². The van der Waals surface area contributed by atoms with E-state index in [4.69, 9.17) is 15.0 Å². The molecule has 4 rings (SSSR count). The normalized spacial score (nSPS) is 15.4. The summed E-state index contributed by atoms with van der Waals surface area (Å²) >= 11 is 0. The van der Waals surface area contributed by atoms with Gasteiger partial charge in [0.25, 0.3) is 0 Å². The fourth-order valence-corrected chi connectivity index (χ4v) is 4.06. The highest BCUT2D eigenvalue weighted by molar-refractivity contribution is 7.89. The van der Waals surface area contributed by atoms with Crippen LogP contribution in [0.4, 0.5) is 9.18 Å². The number of hydrogen-bond donors (Lipinski definition) is 2. The van der Waals surface area contributed by atoms with Gasteiger partial charge >= 0.3 is 6.09 Å². The number of likely N-dealkylation sites (tertiary alicyclic amines) is 1. The van der Waals surface area contributed by atoms with Gasteiger partial charge in [0.15, 0.2) is 0 Å². The van der Waals surface area contributed by atoms with Crippen molar-refractivity contribution in [3.63, 3.8) is 0 Å². The number of amides is 1. The van der Waals surface area contributed by atoms with Crippen molar-refractivity contribution < 1.29 is 27.4 Å². The Kier molecular flexibility index (Phi) is 5.23. The number of rotatable bonds is 4. The number of sulfonamides is 1. The van der Waals surface area contributed by atoms with Crippen molar-refractivity contribution in [2.45, 2.75) is 23.8 Å². The molecule has 1 aromatic carbocycles. The highest BCUT2D eigenvalue weighted by Gasteiger charge is 2.26. The smallest absolute Gasteiger partial charge is 0.407 e. The monoisotopic (exact) mass is 450 g/mol. The van der Waals surface area contributed by atoms with Crippen LogP contribution in [0.15, 0.2) is 29.4 Å². The highest BCUT2D eigenvalue weighted by Crippen LogP contribution is 2.33. The SMILES string of the molecule is Cn1nc(-c2ccc(S(N)(=O)=O)cc2F)c2ncnc(OC3CCN(C(=O)O)CC3)c21. The molecule has 1 aliphatic heterocycles. The molecular formula is C18H19FN6O5S. The van der Waals surface area contributed by atoms with Gasteiger partial charge in [0.1, 0.15) is 35.0 Å². The van der Waals surface area contributed by atoms with E-state index in [1.807, 2.05) is 0 Å². The molecule has 0 bridgehead atoms. The molecule has 1 aliphatic rings. The van der Waals surface area contributed by atoms with Crippen molar-refractivity contribution >= 4 is 27.1 Å². The zero-order valence-corrected chi connectivity index (χ0v) is 17.2. The molecule has 1 saturated heterocycles. The van der Waals surface area contributed by atoms with E-state index in [0.29, 0.717) is 37.0 Å². The largest absolute Gasteiger partial charge is 0.473 e. The maximum atomic E-state index is 14.7. The number of aromatic nitrogens is 4. The van der Waals surface area contributed by atoms with E-state index in [9.17, 15) is 17.6 Å². The molecule has 3 aromatic rings. The summed E-state index contributed by atoms with van der Waals surface area (Å²) in [4.78, 5) is 20.4. The van der Waals surface area contributed by atoms with Gasteiger partial charge in [0.2, 0.25) is 15.9 Å². The van der Waals surface area contributed by atoms with Crippen LogP contribution in [0.3, 0.4) is 0 Å². The fraction of sp³-hybridized carbons (Fsp3) is 0.333. The van der Waals surface area contributed by atoms with Gasteiger partial charge in [-0.2, -0.15) is 10.1 Å². The molecule has 31 heavy (non-hydrogen) atoms. The van der Waals surface area contributed by atoms with Crippen LogP contribution in [0.1, 0.15) is 12.8 Å². The van der Waals surface area contributed by atoms with Crippen LogP contribution in [0.2, 0.25) is 0 Å². The fourth-order valence-electron chi connectivity index (χ4n) is 3.53. The molecule has 3 N–H and O–H groups in total. The van der Waals surface area contributed by atoms with Crippen LogP contribution < -0.4 is 9.88 Å². The Balaban J connectivity index is 1.68. The van der Waals surface area contributed by atoms with E-state index in [0.717, 1.165) is 6.07 Å². The summed E-state index contributed by atoms with van der Waals surface area (Å²) in [7, 11) is -2.41. The van der Waals surface area contributed by atoms with Gasteiger partial charge in [0, 0.05) is 38.5 Å². The summed E-state index contributed by atoms with van der Waals surface area (Å²) < 4.78 is 45.1. The summed E-state index contributed by atoms with van der Waals surface area (Å²) in [6.07, 6.45) is 1.08. The maximum Gasteiger partial charge on any atom is 0.407 e. The second-order valence-electron chi connectivity index (χ2n) is 7.12. The third-order valence-electron chi connectivity index (χ3n) is 5.10. The Bertz CT molecular complexity index is 1270. The maximum absolute atomic E-state index is 14.7. The first kappa shape index (κ1) is 20.9. The first-order valence-electron chi connectivity index (χ1n) is 9.30. The number of fused-ring (bicyclic) bond motifs is 1. The third-order valence-corrected chi connectivity index (χ3v) is 6.01.